The van der Waals surface area contributed by atoms with Gasteiger partial charge >= 0.3 is 11.9 Å². The van der Waals surface area contributed by atoms with Gasteiger partial charge < -0.3 is 23.4 Å². The van der Waals surface area contributed by atoms with Crippen LogP contribution >= 0.6 is 0 Å². The molecular formula is C22H26O7. The summed E-state index contributed by atoms with van der Waals surface area (Å²) in [6.07, 6.45) is 8.18. The van der Waals surface area contributed by atoms with E-state index in [1.165, 1.54) is 7.11 Å². The summed E-state index contributed by atoms with van der Waals surface area (Å²) in [7, 11) is 1.53. The first-order valence-corrected chi connectivity index (χ1v) is 10.1. The van der Waals surface area contributed by atoms with Crippen molar-refractivity contribution in [1.82, 2.24) is 0 Å². The van der Waals surface area contributed by atoms with E-state index >= 15 is 0 Å². The molecule has 29 heavy (non-hydrogen) atoms. The maximum Gasteiger partial charge on any atom is 0.343 e. The molecule has 0 spiro atoms. The van der Waals surface area contributed by atoms with E-state index in [2.05, 4.69) is 13.8 Å². The van der Waals surface area contributed by atoms with E-state index in [0.717, 1.165) is 5.56 Å². The number of methoxy groups -OCH3 is 1. The standard InChI is InChI=1S/C22H26O7/c1-20-10-16(13-6-9-26-11-13)28-18(23)14(20)4-7-21(2)17(20)15-5-8-22(21,19(24)29-15)27-12-25-3/h5-6,8-9,11,14-17H,4,7,10,12H2,1-3H3/t14-,15+,16+,17-,20+,21+,22-/m0/s1. The van der Waals surface area contributed by atoms with Crippen LogP contribution in [-0.2, 0) is 28.5 Å². The Bertz CT molecular complexity index is 861. The Kier molecular flexibility index (Phi) is 4.03. The minimum atomic E-state index is -1.21. The van der Waals surface area contributed by atoms with Crippen molar-refractivity contribution in [3.8, 4) is 0 Å². The normalized spacial score (nSPS) is 45.3. The van der Waals surface area contributed by atoms with Crippen LogP contribution in [-0.4, -0.2) is 37.5 Å². The van der Waals surface area contributed by atoms with Gasteiger partial charge in [-0.15, -0.1) is 0 Å². The van der Waals surface area contributed by atoms with Gasteiger partial charge in [0.1, 0.15) is 19.0 Å². The highest BCUT2D eigenvalue weighted by molar-refractivity contribution is 5.87. The van der Waals surface area contributed by atoms with Crippen LogP contribution in [0.5, 0.6) is 0 Å². The molecule has 2 bridgehead atoms. The first-order chi connectivity index (χ1) is 13.9. The maximum absolute atomic E-state index is 13.0. The second kappa shape index (κ2) is 6.19. The number of esters is 2. The van der Waals surface area contributed by atoms with E-state index < -0.39 is 16.4 Å². The van der Waals surface area contributed by atoms with Gasteiger partial charge in [-0.3, -0.25) is 4.79 Å². The second-order valence-electron chi connectivity index (χ2n) is 9.19. The first kappa shape index (κ1) is 18.9. The van der Waals surface area contributed by atoms with Crippen molar-refractivity contribution >= 4 is 11.9 Å². The molecule has 156 valence electrons. The number of hydrogen-bond donors (Lipinski definition) is 0. The summed E-state index contributed by atoms with van der Waals surface area (Å²) in [5, 5.41) is 0. The van der Waals surface area contributed by atoms with Crippen molar-refractivity contribution < 1.29 is 33.0 Å². The van der Waals surface area contributed by atoms with E-state index in [1.807, 2.05) is 18.2 Å². The van der Waals surface area contributed by atoms with Crippen molar-refractivity contribution in [2.45, 2.75) is 50.9 Å². The number of carbonyl (C=O) groups excluding carboxylic acids is 2. The molecule has 2 saturated heterocycles. The van der Waals surface area contributed by atoms with E-state index in [1.54, 1.807) is 12.5 Å². The summed E-state index contributed by atoms with van der Waals surface area (Å²) in [4.78, 5) is 26.0. The Morgan fingerprint density at radius 1 is 1.24 bits per heavy atom. The predicted octanol–water partition coefficient (Wildman–Crippen LogP) is 3.16. The molecule has 3 fully saturated rings. The van der Waals surface area contributed by atoms with Crippen molar-refractivity contribution in [1.29, 1.82) is 0 Å². The lowest BCUT2D eigenvalue weighted by Crippen LogP contribution is -2.73. The number of cyclic esters (lactones) is 1. The van der Waals surface area contributed by atoms with Gasteiger partial charge in [-0.1, -0.05) is 13.8 Å². The third kappa shape index (κ3) is 2.31. The Labute approximate surface area is 169 Å². The Morgan fingerprint density at radius 2 is 2.07 bits per heavy atom. The fraction of sp³-hybridized carbons (Fsp3) is 0.636. The maximum atomic E-state index is 13.0. The van der Waals surface area contributed by atoms with Crippen LogP contribution in [0.4, 0.5) is 0 Å². The SMILES string of the molecule is COCO[C@@]12C=C[C@@H](OC1=O)[C@H]1[C@]3(C)C[C@H](c4ccoc4)OC(=O)[C@@H]3CC[C@]12C. The van der Waals surface area contributed by atoms with Crippen molar-refractivity contribution in [3.05, 3.63) is 36.3 Å². The quantitative estimate of drug-likeness (QED) is 0.434. The Balaban J connectivity index is 1.59. The predicted molar refractivity (Wildman–Crippen MR) is 99.3 cm³/mol. The van der Waals surface area contributed by atoms with Crippen LogP contribution in [0.25, 0.3) is 0 Å². The highest BCUT2D eigenvalue weighted by atomic mass is 16.7. The summed E-state index contributed by atoms with van der Waals surface area (Å²) in [6, 6.07) is 1.83. The molecule has 0 aromatic carbocycles. The highest BCUT2D eigenvalue weighted by Crippen LogP contribution is 2.68. The number of rotatable bonds is 4. The van der Waals surface area contributed by atoms with Gasteiger partial charge in [0.05, 0.1) is 18.4 Å². The molecule has 1 saturated carbocycles. The third-order valence-corrected chi connectivity index (χ3v) is 7.88. The van der Waals surface area contributed by atoms with Crippen LogP contribution < -0.4 is 0 Å². The third-order valence-electron chi connectivity index (χ3n) is 7.88. The summed E-state index contributed by atoms with van der Waals surface area (Å²) in [6.45, 7) is 4.23. The first-order valence-electron chi connectivity index (χ1n) is 10.1. The minimum Gasteiger partial charge on any atom is -0.472 e. The highest BCUT2D eigenvalue weighted by Gasteiger charge is 2.73. The summed E-state index contributed by atoms with van der Waals surface area (Å²) in [5.41, 5.74) is -1.28. The van der Waals surface area contributed by atoms with Crippen LogP contribution in [0, 0.1) is 22.7 Å². The van der Waals surface area contributed by atoms with Gasteiger partial charge in [-0.25, -0.2) is 4.79 Å². The smallest absolute Gasteiger partial charge is 0.343 e. The van der Waals surface area contributed by atoms with E-state index in [9.17, 15) is 9.59 Å². The number of hydrogen-bond acceptors (Lipinski definition) is 7. The topological polar surface area (TPSA) is 84.2 Å². The molecule has 1 aromatic heterocycles. The van der Waals surface area contributed by atoms with Gasteiger partial charge in [-0.05, 0) is 42.9 Å². The van der Waals surface area contributed by atoms with E-state index in [-0.39, 0.29) is 42.8 Å². The average molecular weight is 402 g/mol. The molecule has 0 amide bonds. The minimum absolute atomic E-state index is 0.00769. The van der Waals surface area contributed by atoms with Crippen molar-refractivity contribution in [2.24, 2.45) is 22.7 Å². The van der Waals surface area contributed by atoms with Crippen molar-refractivity contribution in [3.63, 3.8) is 0 Å². The van der Waals surface area contributed by atoms with Crippen LogP contribution in [0.2, 0.25) is 0 Å². The van der Waals surface area contributed by atoms with Gasteiger partial charge in [0.15, 0.2) is 5.60 Å². The zero-order valence-corrected chi connectivity index (χ0v) is 16.9. The fourth-order valence-corrected chi connectivity index (χ4v) is 6.57. The zero-order chi connectivity index (χ0) is 20.4. The number of ether oxygens (including phenoxy) is 4. The zero-order valence-electron chi connectivity index (χ0n) is 16.9. The second-order valence-corrected chi connectivity index (χ2v) is 9.19. The van der Waals surface area contributed by atoms with Gasteiger partial charge in [-0.2, -0.15) is 0 Å². The Morgan fingerprint density at radius 3 is 2.76 bits per heavy atom. The summed E-state index contributed by atoms with van der Waals surface area (Å²) < 4.78 is 28.0. The number of carbonyl (C=O) groups is 2. The molecule has 4 heterocycles. The molecule has 2 aliphatic carbocycles. The molecule has 0 N–H and O–H groups in total. The molecule has 7 nitrogen and oxygen atoms in total. The van der Waals surface area contributed by atoms with Gasteiger partial charge in [0, 0.05) is 24.0 Å². The van der Waals surface area contributed by atoms with Crippen molar-refractivity contribution in [2.75, 3.05) is 13.9 Å². The van der Waals surface area contributed by atoms with Gasteiger partial charge in [0.25, 0.3) is 0 Å². The molecule has 6 rings (SSSR count). The number of furan rings is 1. The van der Waals surface area contributed by atoms with E-state index in [0.29, 0.717) is 19.3 Å². The lowest BCUT2D eigenvalue weighted by Gasteiger charge is -2.66. The number of fused-ring (bicyclic) bond motifs is 2. The fourth-order valence-electron chi connectivity index (χ4n) is 6.57. The van der Waals surface area contributed by atoms with Crippen LogP contribution in [0.1, 0.15) is 44.8 Å². The lowest BCUT2D eigenvalue weighted by molar-refractivity contribution is -0.279. The molecule has 1 aromatic rings. The van der Waals surface area contributed by atoms with E-state index in [4.69, 9.17) is 23.4 Å². The summed E-state index contributed by atoms with van der Waals surface area (Å²) >= 11 is 0. The molecule has 3 aliphatic heterocycles. The molecular weight excluding hydrogens is 376 g/mol. The molecule has 7 heteroatoms. The molecule has 5 aliphatic rings. The molecule has 0 radical (unpaired) electrons. The lowest BCUT2D eigenvalue weighted by atomic mass is 9.42. The largest absolute Gasteiger partial charge is 0.472 e. The van der Waals surface area contributed by atoms with Crippen LogP contribution in [0.15, 0.2) is 35.2 Å². The van der Waals surface area contributed by atoms with Gasteiger partial charge in [0.2, 0.25) is 0 Å². The molecule has 0 unspecified atom stereocenters. The monoisotopic (exact) mass is 402 g/mol. The average Bonchev–Trinajstić information content (AvgIpc) is 3.21. The molecule has 7 atom stereocenters. The van der Waals surface area contributed by atoms with Crippen LogP contribution in [0.3, 0.4) is 0 Å². The Hall–Kier alpha value is -2.12. The summed E-state index contributed by atoms with van der Waals surface area (Å²) in [5.74, 6) is -0.867.